The number of hydrogen-bond donors (Lipinski definition) is 0. The van der Waals surface area contributed by atoms with Crippen LogP contribution in [-0.2, 0) is 5.88 Å². The fourth-order valence-electron chi connectivity index (χ4n) is 1.17. The van der Waals surface area contributed by atoms with E-state index in [0.29, 0.717) is 0 Å². The Labute approximate surface area is 93.4 Å². The van der Waals surface area contributed by atoms with E-state index >= 15 is 0 Å². The molecule has 16 heavy (non-hydrogen) atoms. The zero-order valence-electron chi connectivity index (χ0n) is 7.65. The van der Waals surface area contributed by atoms with Gasteiger partial charge in [0.25, 0.3) is 6.43 Å². The largest absolute Gasteiger partial charge is 0.372 e. The van der Waals surface area contributed by atoms with Gasteiger partial charge >= 0.3 is 5.82 Å². The van der Waals surface area contributed by atoms with Crippen molar-refractivity contribution in [3.05, 3.63) is 33.0 Å². The van der Waals surface area contributed by atoms with Crippen LogP contribution in [0.15, 0.2) is 6.20 Å². The highest BCUT2D eigenvalue weighted by atomic mass is 35.5. The molecule has 1 aromatic rings. The summed E-state index contributed by atoms with van der Waals surface area (Å²) < 4.78 is 25.3. The highest BCUT2D eigenvalue weighted by molar-refractivity contribution is 6.17. The molecule has 84 valence electrons. The number of alkyl halides is 3. The molecular weight excluding hydrogens is 244 g/mol. The van der Waals surface area contributed by atoms with Crippen LogP contribution >= 0.6 is 11.6 Å². The first-order valence-corrected chi connectivity index (χ1v) is 4.46. The van der Waals surface area contributed by atoms with Gasteiger partial charge in [0.05, 0.1) is 0 Å². The number of nitro groups is 1. The van der Waals surface area contributed by atoms with Crippen molar-refractivity contribution in [1.29, 1.82) is 5.26 Å². The number of pyridine rings is 1. The maximum Gasteiger partial charge on any atom is 0.372 e. The Morgan fingerprint density at radius 3 is 2.69 bits per heavy atom. The molecule has 8 heteroatoms. The number of rotatable bonds is 3. The van der Waals surface area contributed by atoms with Crippen molar-refractivity contribution < 1.29 is 13.7 Å². The third-order valence-electron chi connectivity index (χ3n) is 1.85. The molecule has 1 heterocycles. The number of hydrogen-bond acceptors (Lipinski definition) is 4. The van der Waals surface area contributed by atoms with E-state index in [-0.39, 0.29) is 11.1 Å². The van der Waals surface area contributed by atoms with Crippen molar-refractivity contribution in [1.82, 2.24) is 4.98 Å². The van der Waals surface area contributed by atoms with E-state index in [4.69, 9.17) is 16.9 Å². The number of aromatic nitrogens is 1. The Balaban J connectivity index is 3.58. The van der Waals surface area contributed by atoms with Crippen molar-refractivity contribution in [3.8, 4) is 6.07 Å². The molecule has 0 saturated carbocycles. The summed E-state index contributed by atoms with van der Waals surface area (Å²) in [6.45, 7) is 0. The molecule has 0 saturated heterocycles. The fraction of sp³-hybridized carbons (Fsp3) is 0.250. The normalized spacial score (nSPS) is 10.2. The van der Waals surface area contributed by atoms with Gasteiger partial charge in [0.1, 0.15) is 17.2 Å². The predicted molar refractivity (Wildman–Crippen MR) is 50.1 cm³/mol. The molecule has 0 N–H and O–H groups in total. The van der Waals surface area contributed by atoms with E-state index in [9.17, 15) is 18.9 Å². The quantitative estimate of drug-likeness (QED) is 0.467. The summed E-state index contributed by atoms with van der Waals surface area (Å²) in [6.07, 6.45) is -2.24. The molecule has 0 radical (unpaired) electrons. The lowest BCUT2D eigenvalue weighted by molar-refractivity contribution is -0.391. The van der Waals surface area contributed by atoms with Gasteiger partial charge in [0.2, 0.25) is 0 Å². The van der Waals surface area contributed by atoms with Crippen molar-refractivity contribution in [2.75, 3.05) is 0 Å². The fourth-order valence-corrected chi connectivity index (χ4v) is 1.46. The topological polar surface area (TPSA) is 79.8 Å². The molecule has 0 aliphatic heterocycles. The molecule has 0 atom stereocenters. The first-order valence-electron chi connectivity index (χ1n) is 3.93. The molecule has 1 rings (SSSR count). The lowest BCUT2D eigenvalue weighted by Crippen LogP contribution is -2.05. The highest BCUT2D eigenvalue weighted by Crippen LogP contribution is 2.32. The van der Waals surface area contributed by atoms with Gasteiger partial charge in [-0.2, -0.15) is 5.26 Å². The van der Waals surface area contributed by atoms with Gasteiger partial charge in [-0.25, -0.2) is 8.78 Å². The SMILES string of the molecule is N#Cc1cnc([N+](=O)[O-])c(C(F)F)c1CCl. The van der Waals surface area contributed by atoms with Crippen LogP contribution in [0.4, 0.5) is 14.6 Å². The molecular formula is C8H4ClF2N3O2. The van der Waals surface area contributed by atoms with Gasteiger partial charge in [-0.15, -0.1) is 11.6 Å². The molecule has 0 aliphatic carbocycles. The maximum absolute atomic E-state index is 12.6. The molecule has 0 unspecified atom stereocenters. The monoisotopic (exact) mass is 247 g/mol. The standard InChI is InChI=1S/C8H4ClF2N3O2/c9-1-5-4(2-12)3-13-8(14(15)16)6(5)7(10)11/h3,7H,1H2. The molecule has 1 aromatic heterocycles. The van der Waals surface area contributed by atoms with Crippen LogP contribution in [0.3, 0.4) is 0 Å². The van der Waals surface area contributed by atoms with Crippen LogP contribution < -0.4 is 0 Å². The number of nitriles is 1. The minimum absolute atomic E-state index is 0.184. The Hall–Kier alpha value is -1.81. The molecule has 0 bridgehead atoms. The van der Waals surface area contributed by atoms with Crippen LogP contribution in [0.2, 0.25) is 0 Å². The molecule has 0 spiro atoms. The third-order valence-corrected chi connectivity index (χ3v) is 2.12. The number of nitrogens with zero attached hydrogens (tertiary/aromatic N) is 3. The number of halogens is 3. The lowest BCUT2D eigenvalue weighted by Gasteiger charge is -2.06. The smallest absolute Gasteiger partial charge is 0.358 e. The second-order valence-electron chi connectivity index (χ2n) is 2.69. The van der Waals surface area contributed by atoms with Crippen molar-refractivity contribution in [3.63, 3.8) is 0 Å². The summed E-state index contributed by atoms with van der Waals surface area (Å²) in [4.78, 5) is 12.7. The van der Waals surface area contributed by atoms with Crippen LogP contribution in [0.1, 0.15) is 23.1 Å². The van der Waals surface area contributed by atoms with E-state index in [1.165, 1.54) is 0 Å². The van der Waals surface area contributed by atoms with Gasteiger partial charge in [-0.3, -0.25) is 0 Å². The van der Waals surface area contributed by atoms with Crippen LogP contribution in [-0.4, -0.2) is 9.91 Å². The summed E-state index contributed by atoms with van der Waals surface area (Å²) in [5.74, 6) is -1.38. The van der Waals surface area contributed by atoms with E-state index in [0.717, 1.165) is 6.20 Å². The summed E-state index contributed by atoms with van der Waals surface area (Å²) in [6, 6.07) is 1.61. The van der Waals surface area contributed by atoms with Crippen molar-refractivity contribution in [2.45, 2.75) is 12.3 Å². The van der Waals surface area contributed by atoms with E-state index in [1.54, 1.807) is 6.07 Å². The van der Waals surface area contributed by atoms with Crippen LogP contribution in [0, 0.1) is 21.4 Å². The third kappa shape index (κ3) is 2.06. The molecule has 0 fully saturated rings. The minimum Gasteiger partial charge on any atom is -0.358 e. The van der Waals surface area contributed by atoms with Crippen LogP contribution in [0.5, 0.6) is 0 Å². The average molecular weight is 248 g/mol. The summed E-state index contributed by atoms with van der Waals surface area (Å²) in [5, 5.41) is 19.1. The van der Waals surface area contributed by atoms with Gasteiger partial charge in [0.15, 0.2) is 6.20 Å². The van der Waals surface area contributed by atoms with Gasteiger partial charge < -0.3 is 10.1 Å². The Morgan fingerprint density at radius 1 is 1.69 bits per heavy atom. The molecule has 0 aromatic carbocycles. The Bertz CT molecular complexity index is 473. The zero-order valence-corrected chi connectivity index (χ0v) is 8.41. The van der Waals surface area contributed by atoms with Gasteiger partial charge in [-0.1, -0.05) is 0 Å². The van der Waals surface area contributed by atoms with Crippen LogP contribution in [0.25, 0.3) is 0 Å². The summed E-state index contributed by atoms with van der Waals surface area (Å²) in [5.41, 5.74) is -1.32. The van der Waals surface area contributed by atoms with E-state index < -0.39 is 28.6 Å². The highest BCUT2D eigenvalue weighted by Gasteiger charge is 2.29. The lowest BCUT2D eigenvalue weighted by atomic mass is 10.1. The summed E-state index contributed by atoms with van der Waals surface area (Å²) >= 11 is 5.40. The van der Waals surface area contributed by atoms with E-state index in [2.05, 4.69) is 4.98 Å². The first-order chi connectivity index (χ1) is 7.52. The maximum atomic E-state index is 12.6. The molecule has 0 amide bonds. The minimum atomic E-state index is -3.10. The van der Waals surface area contributed by atoms with Crippen molar-refractivity contribution >= 4 is 17.4 Å². The molecule has 0 aliphatic rings. The Morgan fingerprint density at radius 2 is 2.31 bits per heavy atom. The van der Waals surface area contributed by atoms with Gasteiger partial charge in [0, 0.05) is 11.4 Å². The summed E-state index contributed by atoms with van der Waals surface area (Å²) in [7, 11) is 0. The van der Waals surface area contributed by atoms with Gasteiger partial charge in [-0.05, 0) is 9.91 Å². The second-order valence-corrected chi connectivity index (χ2v) is 2.96. The average Bonchev–Trinajstić information content (AvgIpc) is 2.26. The Kier molecular flexibility index (Phi) is 3.68. The van der Waals surface area contributed by atoms with E-state index in [1.807, 2.05) is 0 Å². The molecule has 5 nitrogen and oxygen atoms in total. The zero-order chi connectivity index (χ0) is 12.3. The first kappa shape index (κ1) is 12.3. The van der Waals surface area contributed by atoms with Crippen molar-refractivity contribution in [2.24, 2.45) is 0 Å². The predicted octanol–water partition coefficient (Wildman–Crippen LogP) is 2.54. The second kappa shape index (κ2) is 4.81.